The fraction of sp³-hybridized carbons (Fsp3) is 0.278. The van der Waals surface area contributed by atoms with Crippen LogP contribution in [0.5, 0.6) is 0 Å². The molecule has 0 aromatic heterocycles. The van der Waals surface area contributed by atoms with Crippen LogP contribution in [0.15, 0.2) is 42.5 Å². The summed E-state index contributed by atoms with van der Waals surface area (Å²) in [5, 5.41) is 17.6. The first-order valence-corrected chi connectivity index (χ1v) is 8.33. The average molecular weight is 338 g/mol. The molecule has 7 heteroatoms. The quantitative estimate of drug-likeness (QED) is 0.663. The summed E-state index contributed by atoms with van der Waals surface area (Å²) in [4.78, 5) is 25.5. The summed E-state index contributed by atoms with van der Waals surface area (Å²) in [6.07, 6.45) is 1.61. The van der Waals surface area contributed by atoms with Gasteiger partial charge in [0.2, 0.25) is 0 Å². The van der Waals surface area contributed by atoms with Gasteiger partial charge in [-0.1, -0.05) is 18.2 Å². The van der Waals surface area contributed by atoms with E-state index >= 15 is 0 Å². The van der Waals surface area contributed by atoms with Gasteiger partial charge >= 0.3 is 0 Å². The van der Waals surface area contributed by atoms with E-state index in [1.807, 2.05) is 23.1 Å². The number of benzene rings is 2. The minimum atomic E-state index is -0.492. The fourth-order valence-electron chi connectivity index (χ4n) is 3.47. The minimum absolute atomic E-state index is 0.0781. The highest BCUT2D eigenvalue weighted by Crippen LogP contribution is 2.34. The Kier molecular flexibility index (Phi) is 3.76. The first-order chi connectivity index (χ1) is 12.1. The Morgan fingerprint density at radius 3 is 2.60 bits per heavy atom. The van der Waals surface area contributed by atoms with Crippen molar-refractivity contribution in [2.75, 3.05) is 23.3 Å². The van der Waals surface area contributed by atoms with Crippen LogP contribution in [-0.2, 0) is 0 Å². The molecule has 1 atom stereocenters. The van der Waals surface area contributed by atoms with Crippen LogP contribution in [-0.4, -0.2) is 23.9 Å². The number of carbonyl (C=O) groups is 1. The molecule has 0 spiro atoms. The molecule has 0 radical (unpaired) electrons. The van der Waals surface area contributed by atoms with Crippen molar-refractivity contribution in [1.29, 1.82) is 0 Å². The van der Waals surface area contributed by atoms with Crippen molar-refractivity contribution < 1.29 is 9.72 Å². The van der Waals surface area contributed by atoms with Gasteiger partial charge in [0.25, 0.3) is 11.6 Å². The number of anilines is 2. The van der Waals surface area contributed by atoms with E-state index < -0.39 is 6.17 Å². The van der Waals surface area contributed by atoms with E-state index in [-0.39, 0.29) is 16.5 Å². The van der Waals surface area contributed by atoms with Gasteiger partial charge in [-0.15, -0.1) is 0 Å². The van der Waals surface area contributed by atoms with Gasteiger partial charge in [0, 0.05) is 30.4 Å². The molecule has 0 aliphatic carbocycles. The van der Waals surface area contributed by atoms with Crippen LogP contribution in [0.3, 0.4) is 0 Å². The molecular weight excluding hydrogens is 320 g/mol. The molecule has 2 aromatic carbocycles. The SMILES string of the molecule is O=C1N[C@H](c2ccc(N3CCCC3)c([N+](=O)[O-])c2)Nc2ccccc21. The van der Waals surface area contributed by atoms with Crippen LogP contribution >= 0.6 is 0 Å². The molecule has 7 nitrogen and oxygen atoms in total. The maximum absolute atomic E-state index is 12.3. The molecule has 2 aliphatic heterocycles. The number of hydrogen-bond acceptors (Lipinski definition) is 5. The molecule has 0 saturated carbocycles. The van der Waals surface area contributed by atoms with Gasteiger partial charge in [0.05, 0.1) is 10.5 Å². The van der Waals surface area contributed by atoms with E-state index in [1.54, 1.807) is 24.3 Å². The van der Waals surface area contributed by atoms with Crippen LogP contribution < -0.4 is 15.5 Å². The summed E-state index contributed by atoms with van der Waals surface area (Å²) in [6, 6.07) is 12.4. The Bertz CT molecular complexity index is 846. The van der Waals surface area contributed by atoms with Crippen LogP contribution in [0.2, 0.25) is 0 Å². The lowest BCUT2D eigenvalue weighted by molar-refractivity contribution is -0.384. The van der Waals surface area contributed by atoms with Gasteiger partial charge in [-0.05, 0) is 31.0 Å². The number of fused-ring (bicyclic) bond motifs is 1. The molecule has 2 aliphatic rings. The number of amides is 1. The highest BCUT2D eigenvalue weighted by molar-refractivity contribution is 6.01. The van der Waals surface area contributed by atoms with E-state index in [0.29, 0.717) is 16.8 Å². The zero-order valence-electron chi connectivity index (χ0n) is 13.6. The normalized spacial score (nSPS) is 19.1. The van der Waals surface area contributed by atoms with Crippen molar-refractivity contribution in [1.82, 2.24) is 5.32 Å². The van der Waals surface area contributed by atoms with Gasteiger partial charge in [0.15, 0.2) is 0 Å². The van der Waals surface area contributed by atoms with Gasteiger partial charge in [-0.3, -0.25) is 14.9 Å². The number of rotatable bonds is 3. The third kappa shape index (κ3) is 2.77. The molecule has 1 amide bonds. The number of nitro benzene ring substituents is 1. The van der Waals surface area contributed by atoms with E-state index in [4.69, 9.17) is 0 Å². The molecule has 1 saturated heterocycles. The fourth-order valence-corrected chi connectivity index (χ4v) is 3.47. The van der Waals surface area contributed by atoms with Crippen LogP contribution in [0.1, 0.15) is 34.9 Å². The maximum Gasteiger partial charge on any atom is 0.292 e. The summed E-state index contributed by atoms with van der Waals surface area (Å²) in [5.74, 6) is -0.189. The van der Waals surface area contributed by atoms with Crippen molar-refractivity contribution in [2.24, 2.45) is 0 Å². The number of para-hydroxylation sites is 1. The molecule has 1 fully saturated rings. The van der Waals surface area contributed by atoms with Crippen LogP contribution in [0, 0.1) is 10.1 Å². The zero-order valence-corrected chi connectivity index (χ0v) is 13.6. The summed E-state index contributed by atoms with van der Waals surface area (Å²) in [7, 11) is 0. The lowest BCUT2D eigenvalue weighted by Gasteiger charge is -2.28. The van der Waals surface area contributed by atoms with Crippen molar-refractivity contribution in [2.45, 2.75) is 19.0 Å². The monoisotopic (exact) mass is 338 g/mol. The predicted octanol–water partition coefficient (Wildman–Crippen LogP) is 3.05. The van der Waals surface area contributed by atoms with Gasteiger partial charge in [-0.2, -0.15) is 0 Å². The topological polar surface area (TPSA) is 87.5 Å². The number of hydrogen-bond donors (Lipinski definition) is 2. The van der Waals surface area contributed by atoms with Crippen LogP contribution in [0.4, 0.5) is 17.1 Å². The summed E-state index contributed by atoms with van der Waals surface area (Å²) in [5.41, 5.74) is 2.69. The molecule has 4 rings (SSSR count). The van der Waals surface area contributed by atoms with E-state index in [9.17, 15) is 14.9 Å². The van der Waals surface area contributed by atoms with E-state index in [1.165, 1.54) is 0 Å². The number of nitro groups is 1. The second-order valence-corrected chi connectivity index (χ2v) is 6.30. The highest BCUT2D eigenvalue weighted by Gasteiger charge is 2.28. The van der Waals surface area contributed by atoms with Crippen molar-refractivity contribution >= 4 is 23.0 Å². The van der Waals surface area contributed by atoms with E-state index in [2.05, 4.69) is 10.6 Å². The molecule has 128 valence electrons. The second kappa shape index (κ2) is 6.08. The largest absolute Gasteiger partial charge is 0.366 e. The lowest BCUT2D eigenvalue weighted by atomic mass is 10.0. The Hall–Kier alpha value is -3.09. The summed E-state index contributed by atoms with van der Waals surface area (Å²) < 4.78 is 0. The van der Waals surface area contributed by atoms with Gasteiger partial charge < -0.3 is 15.5 Å². The van der Waals surface area contributed by atoms with Crippen molar-refractivity contribution in [3.05, 3.63) is 63.7 Å². The van der Waals surface area contributed by atoms with Crippen molar-refractivity contribution in [3.63, 3.8) is 0 Å². The molecular formula is C18H18N4O3. The number of nitrogens with zero attached hydrogens (tertiary/aromatic N) is 2. The Labute approximate surface area is 144 Å². The number of nitrogens with one attached hydrogen (secondary N) is 2. The predicted molar refractivity (Wildman–Crippen MR) is 94.8 cm³/mol. The molecule has 25 heavy (non-hydrogen) atoms. The van der Waals surface area contributed by atoms with Gasteiger partial charge in [0.1, 0.15) is 11.9 Å². The Balaban J connectivity index is 1.68. The first-order valence-electron chi connectivity index (χ1n) is 8.33. The minimum Gasteiger partial charge on any atom is -0.366 e. The summed E-state index contributed by atoms with van der Waals surface area (Å²) in [6.45, 7) is 1.68. The standard InChI is InChI=1S/C18H18N4O3/c23-18-13-5-1-2-6-14(13)19-17(20-18)12-7-8-15(16(11-12)22(24)25)21-9-3-4-10-21/h1-2,5-8,11,17,19H,3-4,9-10H2,(H,20,23)/t17-/m1/s1. The third-order valence-corrected chi connectivity index (χ3v) is 4.72. The van der Waals surface area contributed by atoms with Gasteiger partial charge in [-0.25, -0.2) is 0 Å². The van der Waals surface area contributed by atoms with Crippen LogP contribution in [0.25, 0.3) is 0 Å². The molecule has 2 aromatic rings. The average Bonchev–Trinajstić information content (AvgIpc) is 3.15. The molecule has 0 unspecified atom stereocenters. The summed E-state index contributed by atoms with van der Waals surface area (Å²) >= 11 is 0. The number of carbonyl (C=O) groups excluding carboxylic acids is 1. The smallest absolute Gasteiger partial charge is 0.292 e. The zero-order chi connectivity index (χ0) is 17.4. The molecule has 0 bridgehead atoms. The maximum atomic E-state index is 12.3. The van der Waals surface area contributed by atoms with Crippen molar-refractivity contribution in [3.8, 4) is 0 Å². The first kappa shape index (κ1) is 15.4. The third-order valence-electron chi connectivity index (χ3n) is 4.72. The molecule has 2 heterocycles. The van der Waals surface area contributed by atoms with E-state index in [0.717, 1.165) is 31.6 Å². The second-order valence-electron chi connectivity index (χ2n) is 6.30. The molecule has 2 N–H and O–H groups in total. The Morgan fingerprint density at radius 1 is 1.08 bits per heavy atom. The lowest BCUT2D eigenvalue weighted by Crippen LogP contribution is -2.38. The highest BCUT2D eigenvalue weighted by atomic mass is 16.6. The Morgan fingerprint density at radius 2 is 1.84 bits per heavy atom.